The summed E-state index contributed by atoms with van der Waals surface area (Å²) in [4.78, 5) is 35.2. The number of para-hydroxylation sites is 1. The number of aliphatic hydroxyl groups is 2. The number of hydrogen-bond acceptors (Lipinski definition) is 7. The van der Waals surface area contributed by atoms with Crippen LogP contribution < -0.4 is 4.74 Å². The van der Waals surface area contributed by atoms with E-state index in [4.69, 9.17) is 26.2 Å². The molecule has 9 nitrogen and oxygen atoms in total. The normalized spacial score (nSPS) is 12.7. The number of carboxylic acid groups (broad SMARTS) is 1. The molecule has 55 heavy (non-hydrogen) atoms. The van der Waals surface area contributed by atoms with E-state index in [-0.39, 0.29) is 30.2 Å². The molecule has 0 aliphatic rings. The SMILES string of the molecule is CC(C)OC(=O)C(C)(C)Oc1ccc(C(=O)c2ccc(Cl)cc2)cc1.CC(C)n1c(/C=C/[C@@H](O)C[C@@H](O)CC(=O)O)c(-c2ccc(F)cc2)c2ccccc21. The van der Waals surface area contributed by atoms with Crippen molar-refractivity contribution in [2.75, 3.05) is 0 Å². The fourth-order valence-electron chi connectivity index (χ4n) is 5.90. The maximum absolute atomic E-state index is 13.5. The number of fused-ring (bicyclic) bond motifs is 1. The molecule has 1 aromatic heterocycles. The summed E-state index contributed by atoms with van der Waals surface area (Å²) < 4.78 is 26.5. The molecule has 0 aliphatic carbocycles. The van der Waals surface area contributed by atoms with E-state index in [1.165, 1.54) is 12.1 Å². The lowest BCUT2D eigenvalue weighted by Gasteiger charge is -2.25. The van der Waals surface area contributed by atoms with Crippen molar-refractivity contribution in [1.82, 2.24) is 4.57 Å². The second-order valence-corrected chi connectivity index (χ2v) is 14.5. The van der Waals surface area contributed by atoms with Crippen LogP contribution in [0.4, 0.5) is 4.39 Å². The second kappa shape index (κ2) is 18.8. The van der Waals surface area contributed by atoms with E-state index in [0.29, 0.717) is 21.9 Å². The van der Waals surface area contributed by atoms with Gasteiger partial charge < -0.3 is 29.4 Å². The van der Waals surface area contributed by atoms with Crippen molar-refractivity contribution in [2.24, 2.45) is 0 Å². The smallest absolute Gasteiger partial charge is 0.350 e. The number of aliphatic carboxylic acids is 1. The molecule has 0 saturated heterocycles. The number of benzene rings is 4. The van der Waals surface area contributed by atoms with Crippen LogP contribution in [0.5, 0.6) is 5.75 Å². The van der Waals surface area contributed by atoms with Gasteiger partial charge in [-0.2, -0.15) is 0 Å². The zero-order valence-electron chi connectivity index (χ0n) is 31.7. The Kier molecular flexibility index (Phi) is 14.5. The van der Waals surface area contributed by atoms with Gasteiger partial charge in [0.2, 0.25) is 0 Å². The van der Waals surface area contributed by atoms with Crippen LogP contribution in [0.2, 0.25) is 5.02 Å². The predicted octanol–water partition coefficient (Wildman–Crippen LogP) is 9.31. The highest BCUT2D eigenvalue weighted by molar-refractivity contribution is 6.30. The number of aliphatic hydroxyl groups excluding tert-OH is 2. The predicted molar refractivity (Wildman–Crippen MR) is 213 cm³/mol. The van der Waals surface area contributed by atoms with Gasteiger partial charge in [0.05, 0.1) is 24.7 Å². The van der Waals surface area contributed by atoms with Crippen LogP contribution in [0, 0.1) is 5.82 Å². The Balaban J connectivity index is 0.000000249. The van der Waals surface area contributed by atoms with Gasteiger partial charge in [0.1, 0.15) is 11.6 Å². The summed E-state index contributed by atoms with van der Waals surface area (Å²) >= 11 is 5.84. The Morgan fingerprint density at radius 1 is 0.855 bits per heavy atom. The van der Waals surface area contributed by atoms with Gasteiger partial charge in [-0.1, -0.05) is 48.0 Å². The minimum Gasteiger partial charge on any atom is -0.481 e. The fraction of sp³-hybridized carbons (Fsp3) is 0.295. The maximum atomic E-state index is 13.5. The van der Waals surface area contributed by atoms with Crippen molar-refractivity contribution >= 4 is 46.3 Å². The third-order valence-corrected chi connectivity index (χ3v) is 8.68. The van der Waals surface area contributed by atoms with Gasteiger partial charge in [-0.25, -0.2) is 9.18 Å². The molecule has 5 aromatic rings. The molecule has 0 fully saturated rings. The molecule has 0 aliphatic heterocycles. The van der Waals surface area contributed by atoms with Crippen molar-refractivity contribution in [1.29, 1.82) is 0 Å². The van der Waals surface area contributed by atoms with Crippen LogP contribution in [0.1, 0.15) is 82.0 Å². The van der Waals surface area contributed by atoms with Crippen molar-refractivity contribution in [3.05, 3.63) is 131 Å². The quantitative estimate of drug-likeness (QED) is 0.0751. The topological polar surface area (TPSA) is 135 Å². The first kappa shape index (κ1) is 42.5. The van der Waals surface area contributed by atoms with Crippen molar-refractivity contribution in [3.8, 4) is 16.9 Å². The Bertz CT molecular complexity index is 2100. The van der Waals surface area contributed by atoms with Gasteiger partial charge in [-0.15, -0.1) is 0 Å². The van der Waals surface area contributed by atoms with Gasteiger partial charge >= 0.3 is 11.9 Å². The minimum absolute atomic E-state index is 0.0728. The van der Waals surface area contributed by atoms with Crippen LogP contribution in [0.3, 0.4) is 0 Å². The highest BCUT2D eigenvalue weighted by Crippen LogP contribution is 2.38. The van der Waals surface area contributed by atoms with E-state index in [2.05, 4.69) is 18.4 Å². The fourth-order valence-corrected chi connectivity index (χ4v) is 6.03. The van der Waals surface area contributed by atoms with Crippen molar-refractivity contribution in [3.63, 3.8) is 0 Å². The lowest BCUT2D eigenvalue weighted by Crippen LogP contribution is -2.40. The number of rotatable bonds is 14. The third-order valence-electron chi connectivity index (χ3n) is 8.43. The van der Waals surface area contributed by atoms with E-state index in [9.17, 15) is 29.0 Å². The Hall–Kier alpha value is -5.29. The Morgan fingerprint density at radius 3 is 2.00 bits per heavy atom. The monoisotopic (exact) mass is 771 g/mol. The highest BCUT2D eigenvalue weighted by atomic mass is 35.5. The van der Waals surface area contributed by atoms with Gasteiger partial charge in [0, 0.05) is 50.8 Å². The van der Waals surface area contributed by atoms with Crippen LogP contribution in [0.15, 0.2) is 103 Å². The van der Waals surface area contributed by atoms with Gasteiger partial charge in [-0.3, -0.25) is 9.59 Å². The molecule has 3 N–H and O–H groups in total. The molecule has 4 aromatic carbocycles. The third kappa shape index (κ3) is 11.6. The summed E-state index contributed by atoms with van der Waals surface area (Å²) in [5.74, 6) is -1.49. The number of aromatic nitrogens is 1. The zero-order valence-corrected chi connectivity index (χ0v) is 32.5. The average Bonchev–Trinajstić information content (AvgIpc) is 3.45. The highest BCUT2D eigenvalue weighted by Gasteiger charge is 2.32. The van der Waals surface area contributed by atoms with Crippen LogP contribution >= 0.6 is 11.6 Å². The largest absolute Gasteiger partial charge is 0.481 e. The van der Waals surface area contributed by atoms with E-state index >= 15 is 0 Å². The number of halogens is 2. The number of ketones is 1. The minimum atomic E-state index is -1.13. The molecule has 0 radical (unpaired) electrons. The molecular weight excluding hydrogens is 725 g/mol. The van der Waals surface area contributed by atoms with E-state index in [0.717, 1.165) is 27.7 Å². The number of carboxylic acids is 1. The second-order valence-electron chi connectivity index (χ2n) is 14.1. The molecule has 11 heteroatoms. The maximum Gasteiger partial charge on any atom is 0.350 e. The summed E-state index contributed by atoms with van der Waals surface area (Å²) in [6.07, 6.45) is 0.514. The standard InChI is InChI=1S/C24H26FNO4.C20H21ClO4/c1-15(2)26-21-6-4-3-5-20(21)24(16-7-9-17(25)10-8-16)22(26)12-11-18(27)13-19(28)14-23(29)30;1-13(2)24-19(23)20(3,4)25-17-11-7-15(8-12-17)18(22)14-5-9-16(21)10-6-14/h3-12,15,18-19,27-28H,13-14H2,1-2H3,(H,29,30);5-13H,1-4H3/b12-11+;/t18-,19-;/m1./s1. The number of carbonyl (C=O) groups excluding carboxylic acids is 2. The first-order valence-corrected chi connectivity index (χ1v) is 18.3. The molecule has 5 rings (SSSR count). The summed E-state index contributed by atoms with van der Waals surface area (Å²) in [6.45, 7) is 11.0. The zero-order chi connectivity index (χ0) is 40.4. The van der Waals surface area contributed by atoms with Crippen LogP contribution in [-0.2, 0) is 14.3 Å². The van der Waals surface area contributed by atoms with Crippen molar-refractivity contribution < 1.29 is 43.6 Å². The first-order chi connectivity index (χ1) is 26.0. The van der Waals surface area contributed by atoms with Crippen molar-refractivity contribution in [2.45, 2.75) is 84.3 Å². The Morgan fingerprint density at radius 2 is 1.44 bits per heavy atom. The molecule has 1 heterocycles. The lowest BCUT2D eigenvalue weighted by atomic mass is 10.0. The van der Waals surface area contributed by atoms with Crippen LogP contribution in [0.25, 0.3) is 28.1 Å². The van der Waals surface area contributed by atoms with E-state index in [1.54, 1.807) is 101 Å². The van der Waals surface area contributed by atoms with E-state index in [1.807, 2.05) is 24.3 Å². The number of esters is 1. The van der Waals surface area contributed by atoms with Gasteiger partial charge in [0.25, 0.3) is 0 Å². The number of carbonyl (C=O) groups is 3. The van der Waals surface area contributed by atoms with E-state index < -0.39 is 36.2 Å². The average molecular weight is 772 g/mol. The molecule has 0 unspecified atom stereocenters. The molecular formula is C44H47ClFNO8. The summed E-state index contributed by atoms with van der Waals surface area (Å²) in [6, 6.07) is 27.7. The molecule has 0 bridgehead atoms. The Labute approximate surface area is 325 Å². The lowest BCUT2D eigenvalue weighted by molar-refractivity contribution is -0.163. The summed E-state index contributed by atoms with van der Waals surface area (Å²) in [5, 5.41) is 30.5. The molecule has 0 saturated carbocycles. The van der Waals surface area contributed by atoms with Gasteiger partial charge in [-0.05, 0) is 120 Å². The molecule has 0 spiro atoms. The molecule has 290 valence electrons. The first-order valence-electron chi connectivity index (χ1n) is 17.9. The number of hydrogen-bond donors (Lipinski definition) is 3. The summed E-state index contributed by atoms with van der Waals surface area (Å²) in [5.41, 5.74) is 3.61. The van der Waals surface area contributed by atoms with Crippen LogP contribution in [-0.4, -0.2) is 61.5 Å². The van der Waals surface area contributed by atoms with Gasteiger partial charge in [0.15, 0.2) is 11.4 Å². The number of nitrogens with zero attached hydrogens (tertiary/aromatic N) is 1. The summed E-state index contributed by atoms with van der Waals surface area (Å²) in [7, 11) is 0. The molecule has 2 atom stereocenters. The number of ether oxygens (including phenoxy) is 2. The molecule has 0 amide bonds.